The summed E-state index contributed by atoms with van der Waals surface area (Å²) >= 11 is 0. The van der Waals surface area contributed by atoms with Crippen LogP contribution < -0.4 is 24.8 Å². The quantitative estimate of drug-likeness (QED) is 0.864. The Hall–Kier alpha value is -1.95. The van der Waals surface area contributed by atoms with E-state index in [2.05, 4.69) is 10.6 Å². The van der Waals surface area contributed by atoms with Gasteiger partial charge in [-0.2, -0.15) is 0 Å². The lowest BCUT2D eigenvalue weighted by molar-refractivity contribution is -0.120. The highest BCUT2D eigenvalue weighted by Crippen LogP contribution is 2.40. The molecule has 1 aliphatic rings. The SMILES string of the molecule is COc1cc(NC(=O)[C@@H]2CCCNC2)cc(OC)c1OC. The predicted molar refractivity (Wildman–Crippen MR) is 80.3 cm³/mol. The van der Waals surface area contributed by atoms with E-state index in [1.54, 1.807) is 33.5 Å². The first-order valence-corrected chi connectivity index (χ1v) is 7.01. The molecule has 1 atom stereocenters. The molecule has 6 heteroatoms. The summed E-state index contributed by atoms with van der Waals surface area (Å²) in [6.07, 6.45) is 1.93. The van der Waals surface area contributed by atoms with Gasteiger partial charge in [0, 0.05) is 24.4 Å². The maximum Gasteiger partial charge on any atom is 0.228 e. The summed E-state index contributed by atoms with van der Waals surface area (Å²) in [7, 11) is 4.65. The Labute approximate surface area is 124 Å². The van der Waals surface area contributed by atoms with Gasteiger partial charge in [0.05, 0.1) is 27.2 Å². The number of carbonyl (C=O) groups is 1. The molecule has 116 valence electrons. The third-order valence-electron chi connectivity index (χ3n) is 3.60. The lowest BCUT2D eigenvalue weighted by Gasteiger charge is -2.22. The molecule has 1 fully saturated rings. The van der Waals surface area contributed by atoms with Crippen LogP contribution in [0.25, 0.3) is 0 Å². The monoisotopic (exact) mass is 294 g/mol. The van der Waals surface area contributed by atoms with Crippen LogP contribution in [0.3, 0.4) is 0 Å². The number of anilines is 1. The van der Waals surface area contributed by atoms with Crippen molar-refractivity contribution < 1.29 is 19.0 Å². The lowest BCUT2D eigenvalue weighted by Crippen LogP contribution is -2.37. The molecular formula is C15H22N2O4. The lowest BCUT2D eigenvalue weighted by atomic mass is 9.99. The zero-order valence-corrected chi connectivity index (χ0v) is 12.7. The molecule has 1 aliphatic heterocycles. The third-order valence-corrected chi connectivity index (χ3v) is 3.60. The van der Waals surface area contributed by atoms with Gasteiger partial charge >= 0.3 is 0 Å². The minimum absolute atomic E-state index is 0.00200. The normalized spacial score (nSPS) is 18.0. The molecule has 0 unspecified atom stereocenters. The van der Waals surface area contributed by atoms with Crippen molar-refractivity contribution in [1.82, 2.24) is 5.32 Å². The minimum atomic E-state index is -0.00200. The summed E-state index contributed by atoms with van der Waals surface area (Å²) in [5.41, 5.74) is 0.639. The van der Waals surface area contributed by atoms with Crippen LogP contribution >= 0.6 is 0 Å². The maximum atomic E-state index is 12.3. The van der Waals surface area contributed by atoms with E-state index in [-0.39, 0.29) is 11.8 Å². The van der Waals surface area contributed by atoms with Gasteiger partial charge in [-0.15, -0.1) is 0 Å². The highest BCUT2D eigenvalue weighted by Gasteiger charge is 2.22. The summed E-state index contributed by atoms with van der Waals surface area (Å²) in [5.74, 6) is 1.56. The Morgan fingerprint density at radius 1 is 1.19 bits per heavy atom. The average Bonchev–Trinajstić information content (AvgIpc) is 2.54. The molecule has 21 heavy (non-hydrogen) atoms. The van der Waals surface area contributed by atoms with E-state index in [4.69, 9.17) is 14.2 Å². The maximum absolute atomic E-state index is 12.3. The molecule has 1 amide bonds. The molecule has 0 aromatic heterocycles. The van der Waals surface area contributed by atoms with Gasteiger partial charge in [0.2, 0.25) is 11.7 Å². The van der Waals surface area contributed by atoms with Crippen LogP contribution in [-0.4, -0.2) is 40.3 Å². The van der Waals surface area contributed by atoms with Gasteiger partial charge in [-0.05, 0) is 19.4 Å². The van der Waals surface area contributed by atoms with Crippen LogP contribution in [0.5, 0.6) is 17.2 Å². The predicted octanol–water partition coefficient (Wildman–Crippen LogP) is 1.65. The highest BCUT2D eigenvalue weighted by atomic mass is 16.5. The van der Waals surface area contributed by atoms with Gasteiger partial charge in [-0.3, -0.25) is 4.79 Å². The van der Waals surface area contributed by atoms with Gasteiger partial charge < -0.3 is 24.8 Å². The van der Waals surface area contributed by atoms with Crippen molar-refractivity contribution in [2.24, 2.45) is 5.92 Å². The van der Waals surface area contributed by atoms with E-state index in [1.807, 2.05) is 0 Å². The van der Waals surface area contributed by atoms with Gasteiger partial charge in [0.1, 0.15) is 0 Å². The van der Waals surface area contributed by atoms with Crippen molar-refractivity contribution in [3.8, 4) is 17.2 Å². The molecule has 1 saturated heterocycles. The van der Waals surface area contributed by atoms with E-state index in [0.29, 0.717) is 22.9 Å². The highest BCUT2D eigenvalue weighted by molar-refractivity contribution is 5.93. The average molecular weight is 294 g/mol. The van der Waals surface area contributed by atoms with Crippen molar-refractivity contribution in [2.75, 3.05) is 39.7 Å². The van der Waals surface area contributed by atoms with Crippen LogP contribution in [0.4, 0.5) is 5.69 Å². The molecule has 1 aromatic carbocycles. The van der Waals surface area contributed by atoms with E-state index in [1.165, 1.54) is 0 Å². The Morgan fingerprint density at radius 3 is 2.33 bits per heavy atom. The number of hydrogen-bond donors (Lipinski definition) is 2. The van der Waals surface area contributed by atoms with Crippen molar-refractivity contribution in [3.05, 3.63) is 12.1 Å². The summed E-state index contributed by atoms with van der Waals surface area (Å²) < 4.78 is 15.8. The summed E-state index contributed by atoms with van der Waals surface area (Å²) in [4.78, 5) is 12.3. The second kappa shape index (κ2) is 7.17. The van der Waals surface area contributed by atoms with Crippen LogP contribution in [0.2, 0.25) is 0 Å². The van der Waals surface area contributed by atoms with Gasteiger partial charge in [-0.25, -0.2) is 0 Å². The van der Waals surface area contributed by atoms with Crippen LogP contribution in [0, 0.1) is 5.92 Å². The second-order valence-electron chi connectivity index (χ2n) is 4.95. The fraction of sp³-hybridized carbons (Fsp3) is 0.533. The molecule has 0 spiro atoms. The number of hydrogen-bond acceptors (Lipinski definition) is 5. The van der Waals surface area contributed by atoms with Gasteiger partial charge in [-0.1, -0.05) is 0 Å². The zero-order valence-electron chi connectivity index (χ0n) is 12.7. The topological polar surface area (TPSA) is 68.8 Å². The standard InChI is InChI=1S/C15H22N2O4/c1-19-12-7-11(8-13(20-2)14(12)21-3)17-15(18)10-5-4-6-16-9-10/h7-8,10,16H,4-6,9H2,1-3H3,(H,17,18)/t10-/m1/s1. The Kier molecular flexibility index (Phi) is 5.27. The Bertz CT molecular complexity index is 473. The van der Waals surface area contributed by atoms with Crippen molar-refractivity contribution in [3.63, 3.8) is 0 Å². The molecule has 0 aliphatic carbocycles. The number of methoxy groups -OCH3 is 3. The third kappa shape index (κ3) is 3.58. The number of rotatable bonds is 5. The molecule has 1 heterocycles. The fourth-order valence-corrected chi connectivity index (χ4v) is 2.47. The van der Waals surface area contributed by atoms with Crippen molar-refractivity contribution >= 4 is 11.6 Å². The first-order chi connectivity index (χ1) is 10.2. The molecule has 2 N–H and O–H groups in total. The van der Waals surface area contributed by atoms with E-state index < -0.39 is 0 Å². The molecule has 6 nitrogen and oxygen atoms in total. The van der Waals surface area contributed by atoms with E-state index >= 15 is 0 Å². The summed E-state index contributed by atoms with van der Waals surface area (Å²) in [6, 6.07) is 3.46. The molecule has 1 aromatic rings. The van der Waals surface area contributed by atoms with Gasteiger partial charge in [0.25, 0.3) is 0 Å². The fourth-order valence-electron chi connectivity index (χ4n) is 2.47. The number of benzene rings is 1. The summed E-state index contributed by atoms with van der Waals surface area (Å²) in [6.45, 7) is 1.70. The van der Waals surface area contributed by atoms with Crippen molar-refractivity contribution in [1.29, 1.82) is 0 Å². The van der Waals surface area contributed by atoms with Crippen molar-refractivity contribution in [2.45, 2.75) is 12.8 Å². The molecule has 0 bridgehead atoms. The number of nitrogens with one attached hydrogen (secondary N) is 2. The number of amides is 1. The van der Waals surface area contributed by atoms with Crippen LogP contribution in [-0.2, 0) is 4.79 Å². The largest absolute Gasteiger partial charge is 0.493 e. The zero-order chi connectivity index (χ0) is 15.2. The first kappa shape index (κ1) is 15.4. The van der Waals surface area contributed by atoms with E-state index in [0.717, 1.165) is 25.9 Å². The Balaban J connectivity index is 2.17. The Morgan fingerprint density at radius 2 is 1.86 bits per heavy atom. The van der Waals surface area contributed by atoms with Crippen LogP contribution in [0.15, 0.2) is 12.1 Å². The molecule has 0 saturated carbocycles. The number of piperidine rings is 1. The number of carbonyl (C=O) groups excluding carboxylic acids is 1. The minimum Gasteiger partial charge on any atom is -0.493 e. The van der Waals surface area contributed by atoms with Crippen LogP contribution in [0.1, 0.15) is 12.8 Å². The molecular weight excluding hydrogens is 272 g/mol. The first-order valence-electron chi connectivity index (χ1n) is 7.01. The van der Waals surface area contributed by atoms with E-state index in [9.17, 15) is 4.79 Å². The van der Waals surface area contributed by atoms with Gasteiger partial charge in [0.15, 0.2) is 11.5 Å². The molecule has 2 rings (SSSR count). The summed E-state index contributed by atoms with van der Waals surface area (Å²) in [5, 5.41) is 6.15. The molecule has 0 radical (unpaired) electrons. The smallest absolute Gasteiger partial charge is 0.228 e. The number of ether oxygens (including phenoxy) is 3. The second-order valence-corrected chi connectivity index (χ2v) is 4.95.